The fraction of sp³-hybridized carbons (Fsp3) is 0.571. The number of ether oxygens (including phenoxy) is 1. The minimum absolute atomic E-state index is 0. The predicted octanol–water partition coefficient (Wildman–Crippen LogP) is -2.79. The summed E-state index contributed by atoms with van der Waals surface area (Å²) in [7, 11) is 0. The molecule has 0 atom stereocenters. The second kappa shape index (κ2) is 8.11. The quantitative estimate of drug-likeness (QED) is 0.197. The first kappa shape index (κ1) is 13.6. The van der Waals surface area contributed by atoms with Crippen LogP contribution in [0, 0.1) is 0 Å². The Bertz CT molecular complexity index is 143. The van der Waals surface area contributed by atoms with Gasteiger partial charge in [-0.15, -0.1) is 5.76 Å². The maximum Gasteiger partial charge on any atom is 1.00 e. The van der Waals surface area contributed by atoms with Crippen molar-refractivity contribution in [3.63, 3.8) is 0 Å². The van der Waals surface area contributed by atoms with E-state index in [9.17, 15) is 9.90 Å². The number of carbonyl (C=O) groups excluding carboxylic acids is 1. The summed E-state index contributed by atoms with van der Waals surface area (Å²) in [5, 5.41) is 10.5. The van der Waals surface area contributed by atoms with E-state index in [2.05, 4.69) is 4.74 Å². The molecule has 0 radical (unpaired) electrons. The van der Waals surface area contributed by atoms with Gasteiger partial charge in [-0.3, -0.25) is 0 Å². The molecule has 0 aromatic heterocycles. The molecule has 0 aromatic rings. The van der Waals surface area contributed by atoms with E-state index in [4.69, 9.17) is 0 Å². The maximum atomic E-state index is 10.5. The molecule has 4 heteroatoms. The van der Waals surface area contributed by atoms with Crippen molar-refractivity contribution in [3.05, 3.63) is 11.8 Å². The summed E-state index contributed by atoms with van der Waals surface area (Å²) in [6.07, 6.45) is 1.32. The van der Waals surface area contributed by atoms with Crippen LogP contribution in [0.3, 0.4) is 0 Å². The van der Waals surface area contributed by atoms with Crippen molar-refractivity contribution in [2.24, 2.45) is 0 Å². The molecular formula is C7H11NaO3. The van der Waals surface area contributed by atoms with E-state index in [1.165, 1.54) is 0 Å². The standard InChI is InChI=1S/C7H12O3.Na/c1-3-6(8)5-7(9)10-4-2;/h5,8H,3-4H2,1-2H3;/q;+1/p-1/b6-5-;. The number of rotatable bonds is 3. The van der Waals surface area contributed by atoms with Crippen LogP contribution >= 0.6 is 0 Å². The van der Waals surface area contributed by atoms with Gasteiger partial charge in [0.15, 0.2) is 0 Å². The van der Waals surface area contributed by atoms with Gasteiger partial charge in [0.2, 0.25) is 0 Å². The first-order chi connectivity index (χ1) is 4.70. The zero-order valence-corrected chi connectivity index (χ0v) is 9.22. The molecule has 0 aromatic carbocycles. The first-order valence-corrected chi connectivity index (χ1v) is 3.25. The van der Waals surface area contributed by atoms with Crippen molar-refractivity contribution in [1.29, 1.82) is 0 Å². The smallest absolute Gasteiger partial charge is 0.875 e. The molecule has 0 rings (SSSR count). The summed E-state index contributed by atoms with van der Waals surface area (Å²) < 4.78 is 4.50. The predicted molar refractivity (Wildman–Crippen MR) is 35.0 cm³/mol. The topological polar surface area (TPSA) is 49.4 Å². The van der Waals surface area contributed by atoms with E-state index in [0.29, 0.717) is 13.0 Å². The van der Waals surface area contributed by atoms with Crippen molar-refractivity contribution < 1.29 is 44.2 Å². The molecule has 0 saturated heterocycles. The van der Waals surface area contributed by atoms with Crippen molar-refractivity contribution in [3.8, 4) is 0 Å². The van der Waals surface area contributed by atoms with E-state index in [1.807, 2.05) is 0 Å². The Morgan fingerprint density at radius 2 is 2.09 bits per heavy atom. The van der Waals surface area contributed by atoms with Crippen LogP contribution in [-0.4, -0.2) is 12.6 Å². The van der Waals surface area contributed by atoms with Gasteiger partial charge in [0.1, 0.15) is 0 Å². The van der Waals surface area contributed by atoms with E-state index in [1.54, 1.807) is 13.8 Å². The molecule has 0 amide bonds. The molecular weight excluding hydrogens is 155 g/mol. The van der Waals surface area contributed by atoms with Gasteiger partial charge in [0.05, 0.1) is 6.61 Å². The normalized spacial score (nSPS) is 10.2. The van der Waals surface area contributed by atoms with Crippen molar-refractivity contribution in [2.75, 3.05) is 6.61 Å². The minimum Gasteiger partial charge on any atom is -0.875 e. The molecule has 0 unspecified atom stereocenters. The van der Waals surface area contributed by atoms with Crippen LogP contribution in [0.5, 0.6) is 0 Å². The van der Waals surface area contributed by atoms with Gasteiger partial charge in [0.25, 0.3) is 0 Å². The van der Waals surface area contributed by atoms with Crippen LogP contribution in [-0.2, 0) is 9.53 Å². The van der Waals surface area contributed by atoms with E-state index in [0.717, 1.165) is 6.08 Å². The molecule has 0 spiro atoms. The second-order valence-electron chi connectivity index (χ2n) is 1.72. The number of allylic oxidation sites excluding steroid dienone is 1. The Morgan fingerprint density at radius 3 is 2.45 bits per heavy atom. The molecule has 0 saturated carbocycles. The van der Waals surface area contributed by atoms with Gasteiger partial charge in [-0.05, 0) is 13.3 Å². The zero-order valence-electron chi connectivity index (χ0n) is 7.22. The fourth-order valence-electron chi connectivity index (χ4n) is 0.417. The fourth-order valence-corrected chi connectivity index (χ4v) is 0.417. The summed E-state index contributed by atoms with van der Waals surface area (Å²) >= 11 is 0. The maximum absolute atomic E-state index is 10.5. The van der Waals surface area contributed by atoms with Crippen LogP contribution in [0.25, 0.3) is 0 Å². The number of carbonyl (C=O) groups is 1. The SMILES string of the molecule is CCOC(=O)/C=C(\[O-])CC.[Na+]. The average Bonchev–Trinajstić information content (AvgIpc) is 1.88. The average molecular weight is 166 g/mol. The molecule has 11 heavy (non-hydrogen) atoms. The van der Waals surface area contributed by atoms with Crippen molar-refractivity contribution in [1.82, 2.24) is 0 Å². The Morgan fingerprint density at radius 1 is 1.55 bits per heavy atom. The first-order valence-electron chi connectivity index (χ1n) is 3.25. The number of hydrogen-bond donors (Lipinski definition) is 0. The summed E-state index contributed by atoms with van der Waals surface area (Å²) in [5.74, 6) is -0.743. The largest absolute Gasteiger partial charge is 1.00 e. The number of esters is 1. The molecule has 0 aliphatic carbocycles. The molecule has 0 aliphatic heterocycles. The van der Waals surface area contributed by atoms with Crippen molar-refractivity contribution in [2.45, 2.75) is 20.3 Å². The molecule has 0 heterocycles. The molecule has 0 N–H and O–H groups in total. The Hall–Kier alpha value is 0.0100. The van der Waals surface area contributed by atoms with Crippen LogP contribution in [0.15, 0.2) is 11.8 Å². The van der Waals surface area contributed by atoms with Crippen LogP contribution < -0.4 is 34.7 Å². The summed E-state index contributed by atoms with van der Waals surface area (Å²) in [6, 6.07) is 0. The molecule has 3 nitrogen and oxygen atoms in total. The van der Waals surface area contributed by atoms with Gasteiger partial charge < -0.3 is 9.84 Å². The monoisotopic (exact) mass is 166 g/mol. The zero-order chi connectivity index (χ0) is 7.98. The molecule has 0 fully saturated rings. The third-order valence-corrected chi connectivity index (χ3v) is 0.914. The van der Waals surface area contributed by atoms with E-state index in [-0.39, 0.29) is 35.3 Å². The third-order valence-electron chi connectivity index (χ3n) is 0.914. The Kier molecular flexibility index (Phi) is 10.0. The van der Waals surface area contributed by atoms with Gasteiger partial charge in [0, 0.05) is 6.08 Å². The molecule has 0 aliphatic rings. The van der Waals surface area contributed by atoms with Gasteiger partial charge >= 0.3 is 35.5 Å². The van der Waals surface area contributed by atoms with Crippen LogP contribution in [0.2, 0.25) is 0 Å². The minimum atomic E-state index is -0.547. The van der Waals surface area contributed by atoms with Crippen LogP contribution in [0.4, 0.5) is 0 Å². The van der Waals surface area contributed by atoms with Gasteiger partial charge in [-0.1, -0.05) is 6.92 Å². The van der Waals surface area contributed by atoms with Crippen LogP contribution in [0.1, 0.15) is 20.3 Å². The van der Waals surface area contributed by atoms with E-state index < -0.39 is 5.97 Å². The number of hydrogen-bond acceptors (Lipinski definition) is 3. The summed E-state index contributed by atoms with van der Waals surface area (Å²) in [4.78, 5) is 10.5. The third kappa shape index (κ3) is 7.91. The summed E-state index contributed by atoms with van der Waals surface area (Å²) in [6.45, 7) is 3.70. The Labute approximate surface area is 88.7 Å². The van der Waals surface area contributed by atoms with E-state index >= 15 is 0 Å². The Balaban J connectivity index is 0. The molecule has 58 valence electrons. The van der Waals surface area contributed by atoms with Gasteiger partial charge in [-0.25, -0.2) is 4.79 Å². The summed E-state index contributed by atoms with van der Waals surface area (Å²) in [5.41, 5.74) is 0. The van der Waals surface area contributed by atoms with Crippen molar-refractivity contribution >= 4 is 5.97 Å². The second-order valence-corrected chi connectivity index (χ2v) is 1.72. The van der Waals surface area contributed by atoms with Gasteiger partial charge in [-0.2, -0.15) is 0 Å². The molecule has 0 bridgehead atoms.